The Hall–Kier alpha value is -1.80. The second-order valence-electron chi connectivity index (χ2n) is 9.25. The highest BCUT2D eigenvalue weighted by molar-refractivity contribution is 8.02. The van der Waals surface area contributed by atoms with E-state index in [0.717, 1.165) is 32.1 Å². The maximum Gasteiger partial charge on any atom is 0.311 e. The average Bonchev–Trinajstić information content (AvgIpc) is 3.20. The number of aliphatic hydroxyl groups is 1. The first-order valence-corrected chi connectivity index (χ1v) is 12.7. The van der Waals surface area contributed by atoms with Crippen molar-refractivity contribution in [2.75, 3.05) is 26.3 Å². The molecule has 0 aromatic rings. The van der Waals surface area contributed by atoms with Gasteiger partial charge in [0.1, 0.15) is 6.04 Å². The van der Waals surface area contributed by atoms with Gasteiger partial charge in [0.25, 0.3) is 0 Å². The number of aliphatic hydroxyl groups excluding tert-OH is 1. The molecule has 0 radical (unpaired) electrons. The lowest BCUT2D eigenvalue weighted by atomic mass is 9.78. The summed E-state index contributed by atoms with van der Waals surface area (Å²) in [6.07, 6.45) is 12.7. The molecule has 8 heteroatoms. The third-order valence-electron chi connectivity index (χ3n) is 7.14. The molecule has 2 amide bonds. The molecule has 0 bridgehead atoms. The fraction of sp³-hybridized carbons (Fsp3) is 0.708. The van der Waals surface area contributed by atoms with Crippen molar-refractivity contribution in [3.05, 3.63) is 24.3 Å². The SMILES string of the molecule is CCCCCN1CC=C[C@]23S[C@H]4/C=C\CCCOC(=O)[C@H]4[C@H]2C(=O)N([C@H](C)CO)C3C1=O. The number of rotatable bonds is 6. The summed E-state index contributed by atoms with van der Waals surface area (Å²) in [7, 11) is 0. The summed E-state index contributed by atoms with van der Waals surface area (Å²) in [5, 5.41) is 9.70. The van der Waals surface area contributed by atoms with E-state index in [1.807, 2.05) is 23.1 Å². The fourth-order valence-electron chi connectivity index (χ4n) is 5.56. The van der Waals surface area contributed by atoms with Crippen LogP contribution in [0.4, 0.5) is 0 Å². The number of nitrogens with zero attached hydrogens (tertiary/aromatic N) is 2. The molecule has 1 unspecified atom stereocenters. The molecule has 0 saturated carbocycles. The Balaban J connectivity index is 1.77. The standard InChI is InChI=1S/C24H34N2O5S/c1-3-4-7-12-25-13-9-11-24-19(21(28)26(16(2)15-27)20(24)22(25)29)18-17(32-24)10-6-5-8-14-31-23(18)30/h6,9-11,16-20,27H,3-5,7-8,12-15H2,1-2H3/b10-6-/t16-,17+,18-,19+,20?,24+/m1/s1. The van der Waals surface area contributed by atoms with Gasteiger partial charge in [0.15, 0.2) is 0 Å². The zero-order chi connectivity index (χ0) is 22.9. The van der Waals surface area contributed by atoms with Crippen molar-refractivity contribution in [1.82, 2.24) is 9.80 Å². The van der Waals surface area contributed by atoms with Crippen LogP contribution in [-0.2, 0) is 19.1 Å². The van der Waals surface area contributed by atoms with E-state index in [2.05, 4.69) is 13.0 Å². The summed E-state index contributed by atoms with van der Waals surface area (Å²) in [5.74, 6) is -1.98. The molecule has 4 rings (SSSR count). The molecule has 7 nitrogen and oxygen atoms in total. The number of likely N-dealkylation sites (tertiary alicyclic amines) is 1. The molecule has 6 atom stereocenters. The van der Waals surface area contributed by atoms with Crippen LogP contribution in [0.1, 0.15) is 46.0 Å². The molecule has 4 heterocycles. The zero-order valence-corrected chi connectivity index (χ0v) is 19.8. The molecule has 1 N–H and O–H groups in total. The Bertz CT molecular complexity index is 814. The molecule has 2 saturated heterocycles. The van der Waals surface area contributed by atoms with Gasteiger partial charge in [-0.25, -0.2) is 0 Å². The smallest absolute Gasteiger partial charge is 0.311 e. The lowest BCUT2D eigenvalue weighted by molar-refractivity contribution is -0.153. The quantitative estimate of drug-likeness (QED) is 0.370. The van der Waals surface area contributed by atoms with Gasteiger partial charge >= 0.3 is 5.97 Å². The van der Waals surface area contributed by atoms with Crippen LogP contribution < -0.4 is 0 Å². The number of fused-ring (bicyclic) bond motifs is 2. The van der Waals surface area contributed by atoms with Crippen LogP contribution in [0.2, 0.25) is 0 Å². The third kappa shape index (κ3) is 3.79. The Morgan fingerprint density at radius 1 is 1.25 bits per heavy atom. The maximum absolute atomic E-state index is 13.9. The van der Waals surface area contributed by atoms with Gasteiger partial charge in [0.05, 0.1) is 35.8 Å². The van der Waals surface area contributed by atoms with Crippen LogP contribution >= 0.6 is 11.8 Å². The number of allylic oxidation sites excluding steroid dienone is 1. The van der Waals surface area contributed by atoms with Gasteiger partial charge in [0.2, 0.25) is 11.8 Å². The highest BCUT2D eigenvalue weighted by Crippen LogP contribution is 2.61. The summed E-state index contributed by atoms with van der Waals surface area (Å²) in [6.45, 7) is 5.13. The van der Waals surface area contributed by atoms with E-state index >= 15 is 0 Å². The Morgan fingerprint density at radius 3 is 2.81 bits per heavy atom. The number of carbonyl (C=O) groups is 3. The van der Waals surface area contributed by atoms with Gasteiger partial charge in [-0.3, -0.25) is 14.4 Å². The van der Waals surface area contributed by atoms with Gasteiger partial charge in [-0.1, -0.05) is 44.1 Å². The van der Waals surface area contributed by atoms with Gasteiger partial charge in [0, 0.05) is 18.3 Å². The van der Waals surface area contributed by atoms with Crippen molar-refractivity contribution in [3.63, 3.8) is 0 Å². The van der Waals surface area contributed by atoms with E-state index in [-0.39, 0.29) is 29.6 Å². The van der Waals surface area contributed by atoms with E-state index in [0.29, 0.717) is 19.7 Å². The van der Waals surface area contributed by atoms with E-state index in [1.165, 1.54) is 0 Å². The van der Waals surface area contributed by atoms with Gasteiger partial charge in [-0.2, -0.15) is 0 Å². The number of esters is 1. The van der Waals surface area contributed by atoms with Crippen LogP contribution in [0, 0.1) is 11.8 Å². The Kier molecular flexibility index (Phi) is 7.00. The topological polar surface area (TPSA) is 87.2 Å². The number of cyclic esters (lactones) is 1. The minimum absolute atomic E-state index is 0.0846. The second-order valence-corrected chi connectivity index (χ2v) is 10.7. The second kappa shape index (κ2) is 9.59. The molecular weight excluding hydrogens is 428 g/mol. The minimum atomic E-state index is -0.838. The Morgan fingerprint density at radius 2 is 2.06 bits per heavy atom. The van der Waals surface area contributed by atoms with Crippen molar-refractivity contribution < 1.29 is 24.2 Å². The van der Waals surface area contributed by atoms with Crippen molar-refractivity contribution in [3.8, 4) is 0 Å². The van der Waals surface area contributed by atoms with Gasteiger partial charge in [-0.05, 0) is 26.2 Å². The Labute approximate surface area is 194 Å². The number of ether oxygens (including phenoxy) is 1. The number of carbonyl (C=O) groups excluding carboxylic acids is 3. The van der Waals surface area contributed by atoms with E-state index in [1.54, 1.807) is 23.6 Å². The highest BCUT2D eigenvalue weighted by atomic mass is 32.2. The first kappa shape index (κ1) is 23.4. The van der Waals surface area contributed by atoms with Crippen LogP contribution in [0.15, 0.2) is 24.3 Å². The van der Waals surface area contributed by atoms with E-state index in [9.17, 15) is 19.5 Å². The normalized spacial score (nSPS) is 36.4. The molecule has 0 aromatic heterocycles. The molecule has 0 aliphatic carbocycles. The summed E-state index contributed by atoms with van der Waals surface area (Å²) in [5.41, 5.74) is 0. The van der Waals surface area contributed by atoms with E-state index in [4.69, 9.17) is 4.74 Å². The number of unbranched alkanes of at least 4 members (excludes halogenated alkanes) is 2. The van der Waals surface area contributed by atoms with Crippen LogP contribution in [0.25, 0.3) is 0 Å². The largest absolute Gasteiger partial charge is 0.465 e. The number of amides is 2. The van der Waals surface area contributed by atoms with Crippen molar-refractivity contribution in [1.29, 1.82) is 0 Å². The van der Waals surface area contributed by atoms with E-state index < -0.39 is 28.7 Å². The zero-order valence-electron chi connectivity index (χ0n) is 18.9. The average molecular weight is 463 g/mol. The minimum Gasteiger partial charge on any atom is -0.465 e. The molecule has 2 fully saturated rings. The van der Waals surface area contributed by atoms with Crippen LogP contribution in [-0.4, -0.2) is 81.1 Å². The first-order chi connectivity index (χ1) is 15.5. The number of thioether (sulfide) groups is 1. The highest BCUT2D eigenvalue weighted by Gasteiger charge is 2.71. The number of hydrogen-bond donors (Lipinski definition) is 1. The summed E-state index contributed by atoms with van der Waals surface area (Å²) in [6, 6.07) is -1.24. The molecule has 1 spiro atoms. The van der Waals surface area contributed by atoms with Crippen molar-refractivity contribution in [2.45, 2.75) is 68.0 Å². The third-order valence-corrected chi connectivity index (χ3v) is 8.89. The van der Waals surface area contributed by atoms with Crippen LogP contribution in [0.5, 0.6) is 0 Å². The predicted molar refractivity (Wildman–Crippen MR) is 123 cm³/mol. The maximum atomic E-state index is 13.9. The fourth-order valence-corrected chi connectivity index (χ4v) is 7.54. The van der Waals surface area contributed by atoms with Crippen LogP contribution in [0.3, 0.4) is 0 Å². The molecule has 0 aromatic carbocycles. The monoisotopic (exact) mass is 462 g/mol. The number of hydrogen-bond acceptors (Lipinski definition) is 6. The molecule has 4 aliphatic rings. The summed E-state index contributed by atoms with van der Waals surface area (Å²) >= 11 is 1.55. The molecular formula is C24H34N2O5S. The molecule has 32 heavy (non-hydrogen) atoms. The summed E-state index contributed by atoms with van der Waals surface area (Å²) in [4.78, 5) is 44.2. The van der Waals surface area contributed by atoms with Gasteiger partial charge in [-0.15, -0.1) is 11.8 Å². The summed E-state index contributed by atoms with van der Waals surface area (Å²) < 4.78 is 4.71. The van der Waals surface area contributed by atoms with Gasteiger partial charge < -0.3 is 19.6 Å². The molecule has 4 aliphatic heterocycles. The molecule has 176 valence electrons. The predicted octanol–water partition coefficient (Wildman–Crippen LogP) is 2.15. The first-order valence-electron chi connectivity index (χ1n) is 11.9. The lowest BCUT2D eigenvalue weighted by Crippen LogP contribution is -2.56. The van der Waals surface area contributed by atoms with Crippen molar-refractivity contribution in [2.24, 2.45) is 11.8 Å². The lowest BCUT2D eigenvalue weighted by Gasteiger charge is -2.37. The van der Waals surface area contributed by atoms with Crippen molar-refractivity contribution >= 4 is 29.5 Å².